The molecule has 2 N–H and O–H groups in total. The van der Waals surface area contributed by atoms with E-state index >= 15 is 0 Å². The van der Waals surface area contributed by atoms with Gasteiger partial charge in [0.25, 0.3) is 5.91 Å². The zero-order valence-corrected chi connectivity index (χ0v) is 22.0. The molecule has 8 heteroatoms. The molecule has 1 amide bonds. The molecule has 1 aromatic heterocycles. The third-order valence-electron chi connectivity index (χ3n) is 5.56. The average molecular weight is 516 g/mol. The van der Waals surface area contributed by atoms with E-state index in [1.165, 1.54) is 0 Å². The molecule has 0 radical (unpaired) electrons. The Balaban J connectivity index is 1.62. The van der Waals surface area contributed by atoms with Gasteiger partial charge in [0, 0.05) is 17.0 Å². The number of carbonyl (C=O) groups excluding carboxylic acids is 1. The van der Waals surface area contributed by atoms with Crippen molar-refractivity contribution < 1.29 is 19.0 Å². The molecule has 0 aliphatic carbocycles. The normalized spacial score (nSPS) is 10.7. The lowest BCUT2D eigenvalue weighted by atomic mass is 10.0. The highest BCUT2D eigenvalue weighted by molar-refractivity contribution is 7.80. The number of anilines is 1. The third kappa shape index (κ3) is 6.34. The summed E-state index contributed by atoms with van der Waals surface area (Å²) in [5, 5.41) is 6.65. The number of nitrogens with one attached hydrogen (secondary N) is 2. The maximum Gasteiger partial charge on any atom is 0.258 e. The van der Waals surface area contributed by atoms with Crippen molar-refractivity contribution in [2.45, 2.75) is 13.8 Å². The number of hydrogen-bond acceptors (Lipinski definition) is 6. The molecule has 0 fully saturated rings. The van der Waals surface area contributed by atoms with Crippen LogP contribution in [0.15, 0.2) is 72.8 Å². The first-order valence-corrected chi connectivity index (χ1v) is 12.3. The van der Waals surface area contributed by atoms with Gasteiger partial charge in [0.15, 0.2) is 5.11 Å². The van der Waals surface area contributed by atoms with E-state index < -0.39 is 0 Å². The minimum absolute atomic E-state index is 0.128. The molecular weight excluding hydrogens is 486 g/mol. The molecular formula is C29H29N3O4S. The monoisotopic (exact) mass is 515 g/mol. The molecule has 0 unspecified atom stereocenters. The lowest BCUT2D eigenvalue weighted by Crippen LogP contribution is -2.34. The highest BCUT2D eigenvalue weighted by Crippen LogP contribution is 2.30. The Hall–Kier alpha value is -4.17. The minimum atomic E-state index is -0.355. The largest absolute Gasteiger partial charge is 0.497 e. The van der Waals surface area contributed by atoms with E-state index in [0.29, 0.717) is 46.5 Å². The highest BCUT2D eigenvalue weighted by Gasteiger charge is 2.16. The number of benzene rings is 3. The molecule has 7 nitrogen and oxygen atoms in total. The molecule has 0 atom stereocenters. The van der Waals surface area contributed by atoms with Gasteiger partial charge in [-0.05, 0) is 54.5 Å². The van der Waals surface area contributed by atoms with E-state index in [1.807, 2.05) is 48.5 Å². The Bertz CT molecular complexity index is 1440. The van der Waals surface area contributed by atoms with Crippen molar-refractivity contribution in [3.63, 3.8) is 0 Å². The van der Waals surface area contributed by atoms with Gasteiger partial charge in [-0.3, -0.25) is 10.1 Å². The Kier molecular flexibility index (Phi) is 8.20. The Morgan fingerprint density at radius 2 is 1.76 bits per heavy atom. The van der Waals surface area contributed by atoms with Crippen LogP contribution in [0.3, 0.4) is 0 Å². The molecule has 3 aromatic carbocycles. The number of hydrogen-bond donors (Lipinski definition) is 2. The van der Waals surface area contributed by atoms with E-state index in [0.717, 1.165) is 16.7 Å². The standard InChI is InChI=1S/C29H29N3O4S/c1-18(2)17-36-21-9-7-8-19(14-21)25-16-23(22-10-5-6-11-24(22)30-25)28(33)32-29(37)31-26-15-20(34-3)12-13-27(26)35-4/h5-16,18H,17H2,1-4H3,(H2,31,32,33,37). The maximum atomic E-state index is 13.4. The molecule has 0 spiro atoms. The van der Waals surface area contributed by atoms with Crippen molar-refractivity contribution in [3.8, 4) is 28.5 Å². The van der Waals surface area contributed by atoms with Crippen LogP contribution < -0.4 is 24.8 Å². The number of fused-ring (bicyclic) bond motifs is 1. The molecule has 1 heterocycles. The summed E-state index contributed by atoms with van der Waals surface area (Å²) in [4.78, 5) is 18.2. The van der Waals surface area contributed by atoms with E-state index in [-0.39, 0.29) is 11.0 Å². The predicted octanol–water partition coefficient (Wildman–Crippen LogP) is 6.08. The lowest BCUT2D eigenvalue weighted by Gasteiger charge is -2.15. The molecule has 0 aliphatic heterocycles. The zero-order chi connectivity index (χ0) is 26.4. The number of methoxy groups -OCH3 is 2. The summed E-state index contributed by atoms with van der Waals surface area (Å²) < 4.78 is 16.6. The topological polar surface area (TPSA) is 81.7 Å². The van der Waals surface area contributed by atoms with Crippen molar-refractivity contribution in [1.82, 2.24) is 10.3 Å². The van der Waals surface area contributed by atoms with Gasteiger partial charge >= 0.3 is 0 Å². The summed E-state index contributed by atoms with van der Waals surface area (Å²) in [6, 6.07) is 22.3. The summed E-state index contributed by atoms with van der Waals surface area (Å²) in [6.45, 7) is 4.82. The zero-order valence-electron chi connectivity index (χ0n) is 21.2. The first kappa shape index (κ1) is 25.9. The van der Waals surface area contributed by atoms with Gasteiger partial charge in [0.05, 0.1) is 43.3 Å². The lowest BCUT2D eigenvalue weighted by molar-refractivity contribution is 0.0979. The number of nitrogens with zero attached hydrogens (tertiary/aromatic N) is 1. The van der Waals surface area contributed by atoms with Crippen molar-refractivity contribution >= 4 is 39.8 Å². The first-order valence-electron chi connectivity index (χ1n) is 11.9. The number of para-hydroxylation sites is 1. The van der Waals surface area contributed by atoms with Crippen LogP contribution in [0.2, 0.25) is 0 Å². The first-order chi connectivity index (χ1) is 17.9. The number of rotatable bonds is 8. The fourth-order valence-electron chi connectivity index (χ4n) is 3.76. The van der Waals surface area contributed by atoms with Gasteiger partial charge in [-0.15, -0.1) is 0 Å². The quantitative estimate of drug-likeness (QED) is 0.275. The number of ether oxygens (including phenoxy) is 3. The van der Waals surface area contributed by atoms with Crippen molar-refractivity contribution in [1.29, 1.82) is 0 Å². The van der Waals surface area contributed by atoms with Gasteiger partial charge in [-0.1, -0.05) is 44.2 Å². The van der Waals surface area contributed by atoms with Crippen molar-refractivity contribution in [2.75, 3.05) is 26.1 Å². The summed E-state index contributed by atoms with van der Waals surface area (Å²) in [5.74, 6) is 2.00. The summed E-state index contributed by atoms with van der Waals surface area (Å²) in [7, 11) is 3.13. The second-order valence-corrected chi connectivity index (χ2v) is 9.19. The number of aromatic nitrogens is 1. The van der Waals surface area contributed by atoms with E-state index in [4.69, 9.17) is 31.4 Å². The number of amides is 1. The average Bonchev–Trinajstić information content (AvgIpc) is 2.91. The highest BCUT2D eigenvalue weighted by atomic mass is 32.1. The molecule has 0 bridgehead atoms. The molecule has 4 rings (SSSR count). The number of thiocarbonyl (C=S) groups is 1. The van der Waals surface area contributed by atoms with Crippen LogP contribution in [-0.2, 0) is 0 Å². The van der Waals surface area contributed by atoms with Crippen LogP contribution in [0.25, 0.3) is 22.2 Å². The van der Waals surface area contributed by atoms with Crippen LogP contribution >= 0.6 is 12.2 Å². The SMILES string of the molecule is COc1ccc(OC)c(NC(=S)NC(=O)c2cc(-c3cccc(OCC(C)C)c3)nc3ccccc23)c1. The van der Waals surface area contributed by atoms with E-state index in [2.05, 4.69) is 24.5 Å². The minimum Gasteiger partial charge on any atom is -0.497 e. The Morgan fingerprint density at radius 1 is 0.946 bits per heavy atom. The fourth-order valence-corrected chi connectivity index (χ4v) is 3.96. The van der Waals surface area contributed by atoms with Crippen LogP contribution in [0.1, 0.15) is 24.2 Å². The van der Waals surface area contributed by atoms with Crippen molar-refractivity contribution in [3.05, 3.63) is 78.4 Å². The second kappa shape index (κ2) is 11.7. The summed E-state index contributed by atoms with van der Waals surface area (Å²) in [6.07, 6.45) is 0. The van der Waals surface area contributed by atoms with Crippen LogP contribution in [0.4, 0.5) is 5.69 Å². The molecule has 37 heavy (non-hydrogen) atoms. The fraction of sp³-hybridized carbons (Fsp3) is 0.207. The molecule has 0 saturated heterocycles. The van der Waals surface area contributed by atoms with Crippen molar-refractivity contribution in [2.24, 2.45) is 5.92 Å². The number of carbonyl (C=O) groups is 1. The third-order valence-corrected chi connectivity index (χ3v) is 5.76. The van der Waals surface area contributed by atoms with Gasteiger partial charge in [-0.2, -0.15) is 0 Å². The van der Waals surface area contributed by atoms with Gasteiger partial charge in [0.2, 0.25) is 0 Å². The molecule has 0 saturated carbocycles. The molecule has 0 aliphatic rings. The number of pyridine rings is 1. The van der Waals surface area contributed by atoms with E-state index in [1.54, 1.807) is 38.5 Å². The van der Waals surface area contributed by atoms with Crippen LogP contribution in [-0.4, -0.2) is 36.8 Å². The Morgan fingerprint density at radius 3 is 2.51 bits per heavy atom. The van der Waals surface area contributed by atoms with Crippen LogP contribution in [0.5, 0.6) is 17.2 Å². The maximum absolute atomic E-state index is 13.4. The summed E-state index contributed by atoms with van der Waals surface area (Å²) in [5.41, 5.74) is 3.24. The van der Waals surface area contributed by atoms with Gasteiger partial charge < -0.3 is 19.5 Å². The molecule has 190 valence electrons. The molecule has 4 aromatic rings. The Labute approximate surface area is 221 Å². The second-order valence-electron chi connectivity index (χ2n) is 8.78. The van der Waals surface area contributed by atoms with Gasteiger partial charge in [0.1, 0.15) is 17.2 Å². The van der Waals surface area contributed by atoms with Crippen LogP contribution in [0, 0.1) is 5.92 Å². The predicted molar refractivity (Wildman–Crippen MR) is 151 cm³/mol. The smallest absolute Gasteiger partial charge is 0.258 e. The summed E-state index contributed by atoms with van der Waals surface area (Å²) >= 11 is 5.44. The van der Waals surface area contributed by atoms with Gasteiger partial charge in [-0.25, -0.2) is 4.98 Å². The van der Waals surface area contributed by atoms with E-state index in [9.17, 15) is 4.79 Å².